The lowest BCUT2D eigenvalue weighted by Gasteiger charge is -2.12. The van der Waals surface area contributed by atoms with Crippen LogP contribution >= 0.6 is 15.9 Å². The molecule has 2 unspecified atom stereocenters. The zero-order valence-electron chi connectivity index (χ0n) is 10.9. The largest absolute Gasteiger partial charge is 0.339 e. The summed E-state index contributed by atoms with van der Waals surface area (Å²) in [6, 6.07) is 4.42. The summed E-state index contributed by atoms with van der Waals surface area (Å²) in [5.74, 6) is 1.49. The second kappa shape index (κ2) is 5.61. The highest BCUT2D eigenvalue weighted by Gasteiger charge is 2.32. The van der Waals surface area contributed by atoms with E-state index in [1.165, 1.54) is 12.1 Å². The van der Waals surface area contributed by atoms with E-state index in [4.69, 9.17) is 10.3 Å². The minimum absolute atomic E-state index is 0.250. The molecule has 0 radical (unpaired) electrons. The Morgan fingerprint density at radius 3 is 3.00 bits per heavy atom. The highest BCUT2D eigenvalue weighted by molar-refractivity contribution is 9.10. The van der Waals surface area contributed by atoms with Crippen molar-refractivity contribution in [1.29, 1.82) is 0 Å². The molecule has 1 saturated carbocycles. The van der Waals surface area contributed by atoms with Crippen molar-refractivity contribution in [2.45, 2.75) is 25.2 Å². The number of benzene rings is 1. The second-order valence-electron chi connectivity index (χ2n) is 5.11. The maximum Gasteiger partial charge on any atom is 0.230 e. The van der Waals surface area contributed by atoms with E-state index >= 15 is 0 Å². The predicted molar refractivity (Wildman–Crippen MR) is 76.5 cm³/mol. The maximum absolute atomic E-state index is 13.1. The van der Waals surface area contributed by atoms with Gasteiger partial charge >= 0.3 is 0 Å². The summed E-state index contributed by atoms with van der Waals surface area (Å²) in [6.07, 6.45) is 3.29. The first kappa shape index (κ1) is 13.7. The molecule has 1 aromatic heterocycles. The third-order valence-corrected chi connectivity index (χ3v) is 4.55. The van der Waals surface area contributed by atoms with Crippen molar-refractivity contribution in [2.24, 2.45) is 11.7 Å². The Balaban J connectivity index is 1.90. The fourth-order valence-corrected chi connectivity index (χ4v) is 3.34. The lowest BCUT2D eigenvalue weighted by atomic mass is 9.96. The molecule has 0 amide bonds. The number of nitrogens with zero attached hydrogens (tertiary/aromatic N) is 2. The molecule has 6 heteroatoms. The van der Waals surface area contributed by atoms with Gasteiger partial charge in [0.05, 0.1) is 0 Å². The van der Waals surface area contributed by atoms with E-state index in [0.29, 0.717) is 28.7 Å². The maximum atomic E-state index is 13.1. The number of aromatic nitrogens is 2. The topological polar surface area (TPSA) is 64.9 Å². The third kappa shape index (κ3) is 2.50. The molecule has 0 bridgehead atoms. The average Bonchev–Trinajstić information content (AvgIpc) is 3.06. The van der Waals surface area contributed by atoms with Gasteiger partial charge in [-0.25, -0.2) is 4.39 Å². The van der Waals surface area contributed by atoms with Crippen molar-refractivity contribution in [2.75, 3.05) is 6.54 Å². The first-order valence-corrected chi connectivity index (χ1v) is 7.47. The van der Waals surface area contributed by atoms with Crippen LogP contribution in [0.2, 0.25) is 0 Å². The second-order valence-corrected chi connectivity index (χ2v) is 5.97. The molecule has 2 atom stereocenters. The van der Waals surface area contributed by atoms with Crippen molar-refractivity contribution in [1.82, 2.24) is 10.1 Å². The number of nitrogens with two attached hydrogens (primary N) is 1. The van der Waals surface area contributed by atoms with E-state index in [9.17, 15) is 4.39 Å². The Morgan fingerprint density at radius 1 is 1.40 bits per heavy atom. The molecule has 0 saturated heterocycles. The fraction of sp³-hybridized carbons (Fsp3) is 0.429. The van der Waals surface area contributed by atoms with E-state index in [0.717, 1.165) is 24.8 Å². The van der Waals surface area contributed by atoms with Gasteiger partial charge in [-0.05, 0) is 59.4 Å². The highest BCUT2D eigenvalue weighted by atomic mass is 79.9. The van der Waals surface area contributed by atoms with Crippen LogP contribution in [-0.4, -0.2) is 16.7 Å². The Morgan fingerprint density at radius 2 is 2.25 bits per heavy atom. The number of hydrogen-bond acceptors (Lipinski definition) is 4. The summed E-state index contributed by atoms with van der Waals surface area (Å²) in [6.45, 7) is 0.641. The van der Waals surface area contributed by atoms with Crippen LogP contribution < -0.4 is 5.73 Å². The van der Waals surface area contributed by atoms with Gasteiger partial charge in [-0.1, -0.05) is 11.6 Å². The molecular weight excluding hydrogens is 325 g/mol. The van der Waals surface area contributed by atoms with Crippen molar-refractivity contribution in [3.8, 4) is 11.4 Å². The van der Waals surface area contributed by atoms with Gasteiger partial charge in [-0.2, -0.15) is 4.98 Å². The molecule has 0 aliphatic heterocycles. The van der Waals surface area contributed by atoms with Crippen LogP contribution in [0, 0.1) is 11.7 Å². The standard InChI is InChI=1S/C14H15BrFN3O/c15-12-6-9(16)4-5-11(12)13-18-14(20-19-13)10-3-1-2-8(10)7-17/h4-6,8,10H,1-3,7,17H2. The summed E-state index contributed by atoms with van der Waals surface area (Å²) in [7, 11) is 0. The molecule has 20 heavy (non-hydrogen) atoms. The Labute approximate surface area is 124 Å². The molecule has 3 rings (SSSR count). The first-order chi connectivity index (χ1) is 9.69. The Kier molecular flexibility index (Phi) is 3.85. The van der Waals surface area contributed by atoms with Gasteiger partial charge < -0.3 is 10.3 Å². The number of hydrogen-bond donors (Lipinski definition) is 1. The summed E-state index contributed by atoms with van der Waals surface area (Å²) in [4.78, 5) is 4.47. The SMILES string of the molecule is NCC1CCCC1c1nc(-c2ccc(F)cc2Br)no1. The van der Waals surface area contributed by atoms with Crippen molar-refractivity contribution < 1.29 is 8.91 Å². The molecule has 1 aliphatic rings. The number of rotatable bonds is 3. The van der Waals surface area contributed by atoms with Crippen LogP contribution in [0.5, 0.6) is 0 Å². The van der Waals surface area contributed by atoms with Gasteiger partial charge in [0.15, 0.2) is 0 Å². The molecule has 2 aromatic rings. The summed E-state index contributed by atoms with van der Waals surface area (Å²) in [5.41, 5.74) is 6.51. The minimum Gasteiger partial charge on any atom is -0.339 e. The first-order valence-electron chi connectivity index (χ1n) is 6.68. The fourth-order valence-electron chi connectivity index (χ4n) is 2.81. The van der Waals surface area contributed by atoms with Crippen LogP contribution in [0.3, 0.4) is 0 Å². The minimum atomic E-state index is -0.302. The molecule has 2 N–H and O–H groups in total. The smallest absolute Gasteiger partial charge is 0.230 e. The Hall–Kier alpha value is -1.27. The lowest BCUT2D eigenvalue weighted by Crippen LogP contribution is -2.17. The van der Waals surface area contributed by atoms with Crippen LogP contribution in [0.15, 0.2) is 27.2 Å². The zero-order chi connectivity index (χ0) is 14.1. The quantitative estimate of drug-likeness (QED) is 0.929. The normalized spacial score (nSPS) is 22.4. The number of halogens is 2. The van der Waals surface area contributed by atoms with Gasteiger partial charge in [0.25, 0.3) is 0 Å². The van der Waals surface area contributed by atoms with E-state index in [2.05, 4.69) is 26.1 Å². The van der Waals surface area contributed by atoms with E-state index < -0.39 is 0 Å². The summed E-state index contributed by atoms with van der Waals surface area (Å²) in [5, 5.41) is 4.01. The van der Waals surface area contributed by atoms with E-state index in [-0.39, 0.29) is 11.7 Å². The van der Waals surface area contributed by atoms with Crippen molar-refractivity contribution >= 4 is 15.9 Å². The summed E-state index contributed by atoms with van der Waals surface area (Å²) < 4.78 is 19.1. The monoisotopic (exact) mass is 339 g/mol. The predicted octanol–water partition coefficient (Wildman–Crippen LogP) is 3.48. The molecule has 1 heterocycles. The van der Waals surface area contributed by atoms with E-state index in [1.54, 1.807) is 6.07 Å². The lowest BCUT2D eigenvalue weighted by molar-refractivity contribution is 0.326. The van der Waals surface area contributed by atoms with Gasteiger partial charge in [0, 0.05) is 16.0 Å². The molecule has 1 aromatic carbocycles. The average molecular weight is 340 g/mol. The van der Waals surface area contributed by atoms with Gasteiger partial charge in [0.2, 0.25) is 11.7 Å². The zero-order valence-corrected chi connectivity index (χ0v) is 12.4. The molecule has 0 spiro atoms. The van der Waals surface area contributed by atoms with Gasteiger partial charge in [0.1, 0.15) is 5.82 Å². The van der Waals surface area contributed by atoms with Crippen molar-refractivity contribution in [3.63, 3.8) is 0 Å². The molecule has 1 fully saturated rings. The van der Waals surface area contributed by atoms with Crippen molar-refractivity contribution in [3.05, 3.63) is 34.4 Å². The van der Waals surface area contributed by atoms with Crippen LogP contribution in [-0.2, 0) is 0 Å². The molecule has 106 valence electrons. The van der Waals surface area contributed by atoms with Crippen LogP contribution in [0.25, 0.3) is 11.4 Å². The third-order valence-electron chi connectivity index (χ3n) is 3.89. The van der Waals surface area contributed by atoms with Crippen LogP contribution in [0.4, 0.5) is 4.39 Å². The molecular formula is C14H15BrFN3O. The molecule has 4 nitrogen and oxygen atoms in total. The van der Waals surface area contributed by atoms with Crippen LogP contribution in [0.1, 0.15) is 31.1 Å². The van der Waals surface area contributed by atoms with E-state index in [1.807, 2.05) is 0 Å². The summed E-state index contributed by atoms with van der Waals surface area (Å²) >= 11 is 3.32. The van der Waals surface area contributed by atoms with Gasteiger partial charge in [-0.15, -0.1) is 0 Å². The Bertz CT molecular complexity index is 616. The molecule has 1 aliphatic carbocycles. The van der Waals surface area contributed by atoms with Gasteiger partial charge in [-0.3, -0.25) is 0 Å². The highest BCUT2D eigenvalue weighted by Crippen LogP contribution is 2.39.